The van der Waals surface area contributed by atoms with Gasteiger partial charge in [0.25, 0.3) is 11.1 Å². The molecule has 4 rings (SSSR count). The van der Waals surface area contributed by atoms with E-state index in [0.717, 1.165) is 20.9 Å². The van der Waals surface area contributed by atoms with Crippen LogP contribution in [0.2, 0.25) is 0 Å². The van der Waals surface area contributed by atoms with Gasteiger partial charge < -0.3 is 4.42 Å². The quantitative estimate of drug-likeness (QED) is 0.333. The first-order valence-electron chi connectivity index (χ1n) is 8.64. The average Bonchev–Trinajstić information content (AvgIpc) is 3.30. The largest absolute Gasteiger partial charge is 0.457 e. The highest BCUT2D eigenvalue weighted by Crippen LogP contribution is 2.34. The van der Waals surface area contributed by atoms with Crippen LogP contribution in [-0.4, -0.2) is 16.0 Å². The van der Waals surface area contributed by atoms with Gasteiger partial charge in [0.05, 0.1) is 23.1 Å². The van der Waals surface area contributed by atoms with Gasteiger partial charge in [-0.05, 0) is 76.3 Å². The summed E-state index contributed by atoms with van der Waals surface area (Å²) in [6.45, 7) is 0.234. The number of rotatable bonds is 4. The Balaban J connectivity index is 1.56. The van der Waals surface area contributed by atoms with Crippen molar-refractivity contribution in [3.63, 3.8) is 0 Å². The van der Waals surface area contributed by atoms with Crippen LogP contribution in [0.5, 0.6) is 0 Å². The number of thioether (sulfide) groups is 1. The first-order chi connectivity index (χ1) is 14.0. The fraction of sp³-hybridized carbons (Fsp3) is 0.0455. The highest BCUT2D eigenvalue weighted by molar-refractivity contribution is 14.1. The molecule has 0 saturated carbocycles. The highest BCUT2D eigenvalue weighted by atomic mass is 127. The number of hydrogen-bond donors (Lipinski definition) is 0. The number of furan rings is 1. The minimum Gasteiger partial charge on any atom is -0.457 e. The number of imide groups is 1. The Kier molecular flexibility index (Phi) is 5.56. The third kappa shape index (κ3) is 4.13. The summed E-state index contributed by atoms with van der Waals surface area (Å²) in [7, 11) is 0. The van der Waals surface area contributed by atoms with Gasteiger partial charge >= 0.3 is 0 Å². The third-order valence-corrected chi connectivity index (χ3v) is 5.97. The summed E-state index contributed by atoms with van der Waals surface area (Å²) in [5.41, 5.74) is 2.08. The lowest BCUT2D eigenvalue weighted by atomic mass is 10.1. The van der Waals surface area contributed by atoms with Crippen molar-refractivity contribution < 1.29 is 14.0 Å². The Bertz CT molecular complexity index is 1180. The summed E-state index contributed by atoms with van der Waals surface area (Å²) < 4.78 is 6.89. The van der Waals surface area contributed by atoms with Crippen LogP contribution < -0.4 is 0 Å². The number of hydrogen-bond acceptors (Lipinski definition) is 5. The zero-order valence-electron chi connectivity index (χ0n) is 15.0. The van der Waals surface area contributed by atoms with E-state index in [-0.39, 0.29) is 17.7 Å². The smallest absolute Gasteiger partial charge is 0.293 e. The molecule has 0 atom stereocenters. The van der Waals surface area contributed by atoms with Gasteiger partial charge in [-0.15, -0.1) is 0 Å². The molecule has 0 aliphatic carbocycles. The number of amides is 2. The van der Waals surface area contributed by atoms with E-state index in [2.05, 4.69) is 28.7 Å². The molecule has 1 aromatic heterocycles. The second-order valence-corrected chi connectivity index (χ2v) is 8.49. The van der Waals surface area contributed by atoms with E-state index in [4.69, 9.17) is 4.42 Å². The van der Waals surface area contributed by atoms with Crippen LogP contribution >= 0.6 is 34.4 Å². The number of carbonyl (C=O) groups excluding carboxylic acids is 2. The summed E-state index contributed by atoms with van der Waals surface area (Å²) in [6, 6.07) is 20.4. The Morgan fingerprint density at radius 3 is 2.59 bits per heavy atom. The van der Waals surface area contributed by atoms with Crippen LogP contribution in [0.4, 0.5) is 4.79 Å². The van der Waals surface area contributed by atoms with Crippen LogP contribution in [0.1, 0.15) is 16.9 Å². The number of nitrogens with zero attached hydrogens (tertiary/aromatic N) is 2. The monoisotopic (exact) mass is 512 g/mol. The molecule has 7 heteroatoms. The molecule has 142 valence electrons. The van der Waals surface area contributed by atoms with E-state index in [1.165, 1.54) is 4.90 Å². The van der Waals surface area contributed by atoms with Crippen molar-refractivity contribution in [2.24, 2.45) is 0 Å². The van der Waals surface area contributed by atoms with E-state index in [0.29, 0.717) is 27.6 Å². The molecule has 2 heterocycles. The van der Waals surface area contributed by atoms with Crippen molar-refractivity contribution in [1.29, 1.82) is 5.26 Å². The second-order valence-electron chi connectivity index (χ2n) is 6.25. The first-order valence-corrected chi connectivity index (χ1v) is 10.5. The fourth-order valence-corrected chi connectivity index (χ4v) is 4.09. The number of halogens is 1. The van der Waals surface area contributed by atoms with Crippen molar-refractivity contribution >= 4 is 51.6 Å². The molecule has 0 bridgehead atoms. The van der Waals surface area contributed by atoms with Crippen LogP contribution in [0.15, 0.2) is 70.0 Å². The summed E-state index contributed by atoms with van der Waals surface area (Å²) in [5, 5.41) is 8.95. The van der Waals surface area contributed by atoms with Crippen molar-refractivity contribution in [3.8, 4) is 17.4 Å². The van der Waals surface area contributed by atoms with Gasteiger partial charge in [-0.1, -0.05) is 24.3 Å². The van der Waals surface area contributed by atoms with Crippen LogP contribution in [-0.2, 0) is 11.3 Å². The summed E-state index contributed by atoms with van der Waals surface area (Å²) in [6.07, 6.45) is 1.57. The van der Waals surface area contributed by atoms with Crippen LogP contribution in [0.3, 0.4) is 0 Å². The molecule has 2 aromatic carbocycles. The SMILES string of the molecule is N#Cc1ccccc1-c1ccc(/C=C2/SC(=O)N(Cc3ccc(I)cc3)C2=O)o1. The van der Waals surface area contributed by atoms with Gasteiger partial charge in [0.2, 0.25) is 0 Å². The first kappa shape index (κ1) is 19.5. The maximum atomic E-state index is 12.7. The summed E-state index contributed by atoms with van der Waals surface area (Å²) in [4.78, 5) is 26.6. The molecule has 2 amide bonds. The molecule has 1 fully saturated rings. The molecule has 1 saturated heterocycles. The summed E-state index contributed by atoms with van der Waals surface area (Å²) >= 11 is 3.10. The minimum atomic E-state index is -0.339. The fourth-order valence-electron chi connectivity index (χ4n) is 2.91. The molecule has 0 unspecified atom stereocenters. The number of benzene rings is 2. The molecule has 29 heavy (non-hydrogen) atoms. The lowest BCUT2D eigenvalue weighted by molar-refractivity contribution is -0.123. The lowest BCUT2D eigenvalue weighted by Crippen LogP contribution is -2.27. The minimum absolute atomic E-state index is 0.234. The number of nitriles is 1. The van der Waals surface area contributed by atoms with E-state index < -0.39 is 0 Å². The van der Waals surface area contributed by atoms with Crippen molar-refractivity contribution in [3.05, 3.63) is 86.0 Å². The summed E-state index contributed by atoms with van der Waals surface area (Å²) in [5.74, 6) is 0.646. The van der Waals surface area contributed by atoms with E-state index in [1.54, 1.807) is 36.4 Å². The van der Waals surface area contributed by atoms with Gasteiger partial charge in [0.15, 0.2) is 0 Å². The molecule has 1 aliphatic rings. The Labute approximate surface area is 185 Å². The third-order valence-electron chi connectivity index (χ3n) is 4.34. The van der Waals surface area contributed by atoms with Crippen molar-refractivity contribution in [2.75, 3.05) is 0 Å². The Morgan fingerprint density at radius 2 is 1.83 bits per heavy atom. The molecule has 1 aliphatic heterocycles. The zero-order valence-corrected chi connectivity index (χ0v) is 17.9. The van der Waals surface area contributed by atoms with Gasteiger partial charge in [0, 0.05) is 15.2 Å². The van der Waals surface area contributed by atoms with Gasteiger partial charge in [-0.3, -0.25) is 14.5 Å². The normalized spacial score (nSPS) is 15.2. The van der Waals surface area contributed by atoms with Crippen LogP contribution in [0.25, 0.3) is 17.4 Å². The van der Waals surface area contributed by atoms with E-state index in [9.17, 15) is 14.9 Å². The lowest BCUT2D eigenvalue weighted by Gasteiger charge is -2.12. The Hall–Kier alpha value is -2.83. The van der Waals surface area contributed by atoms with Gasteiger partial charge in [0.1, 0.15) is 11.5 Å². The average molecular weight is 512 g/mol. The molecular weight excluding hydrogens is 499 g/mol. The van der Waals surface area contributed by atoms with Crippen molar-refractivity contribution in [2.45, 2.75) is 6.54 Å². The van der Waals surface area contributed by atoms with Crippen LogP contribution in [0, 0.1) is 14.9 Å². The molecular formula is C22H13IN2O3S. The maximum Gasteiger partial charge on any atom is 0.293 e. The molecule has 5 nitrogen and oxygen atoms in total. The number of carbonyl (C=O) groups is 2. The molecule has 0 radical (unpaired) electrons. The molecule has 3 aromatic rings. The topological polar surface area (TPSA) is 74.3 Å². The van der Waals surface area contributed by atoms with E-state index in [1.807, 2.05) is 30.3 Å². The maximum absolute atomic E-state index is 12.7. The van der Waals surface area contributed by atoms with Gasteiger partial charge in [-0.2, -0.15) is 5.26 Å². The zero-order chi connectivity index (χ0) is 20.4. The van der Waals surface area contributed by atoms with Crippen molar-refractivity contribution in [1.82, 2.24) is 4.90 Å². The van der Waals surface area contributed by atoms with E-state index >= 15 is 0 Å². The molecule has 0 spiro atoms. The standard InChI is InChI=1S/C22H13IN2O3S/c23-16-7-5-14(6-8-16)13-25-21(26)20(29-22(25)27)11-17-9-10-19(28-17)18-4-2-1-3-15(18)12-24/h1-11H,13H2/b20-11+. The van der Waals surface area contributed by atoms with Gasteiger partial charge in [-0.25, -0.2) is 0 Å². The predicted molar refractivity (Wildman–Crippen MR) is 120 cm³/mol. The molecule has 0 N–H and O–H groups in total. The highest BCUT2D eigenvalue weighted by Gasteiger charge is 2.35. The second kappa shape index (κ2) is 8.27. The Morgan fingerprint density at radius 1 is 1.07 bits per heavy atom. The predicted octanol–water partition coefficient (Wildman–Crippen LogP) is 5.66.